The predicted octanol–water partition coefficient (Wildman–Crippen LogP) is 3.91. The van der Waals surface area contributed by atoms with E-state index in [0.717, 1.165) is 0 Å². The predicted molar refractivity (Wildman–Crippen MR) is 67.3 cm³/mol. The van der Waals surface area contributed by atoms with Crippen molar-refractivity contribution in [2.75, 3.05) is 5.32 Å². The quantitative estimate of drug-likeness (QED) is 0.671. The Morgan fingerprint density at radius 1 is 1.00 bits per heavy atom. The highest BCUT2D eigenvalue weighted by Gasteiger charge is 2.24. The van der Waals surface area contributed by atoms with Crippen LogP contribution in [0.3, 0.4) is 0 Å². The van der Waals surface area contributed by atoms with E-state index in [0.29, 0.717) is 0 Å². The van der Waals surface area contributed by atoms with Crippen LogP contribution in [0.5, 0.6) is 0 Å². The summed E-state index contributed by atoms with van der Waals surface area (Å²) in [4.78, 5) is 0. The second-order valence-electron chi connectivity index (χ2n) is 5.12. The third-order valence-electron chi connectivity index (χ3n) is 3.04. The van der Waals surface area contributed by atoms with Crippen molar-refractivity contribution in [1.82, 2.24) is 0 Å². The van der Waals surface area contributed by atoms with E-state index < -0.39 is 0 Å². The number of hydrogen-bond acceptors (Lipinski definition) is 1. The number of hydrogen-bond donors (Lipinski definition) is 1. The lowest BCUT2D eigenvalue weighted by Gasteiger charge is -2.33. The van der Waals surface area contributed by atoms with E-state index in [4.69, 9.17) is 0 Å². The molecule has 1 heteroatoms. The number of nitrogens with one attached hydrogen (secondary N) is 1. The summed E-state index contributed by atoms with van der Waals surface area (Å²) in [5.41, 5.74) is 6.82. The van der Waals surface area contributed by atoms with Crippen LogP contribution in [-0.4, -0.2) is 5.54 Å². The smallest absolute Gasteiger partial charge is 0.0506 e. The topological polar surface area (TPSA) is 12.0 Å². The minimum absolute atomic E-state index is 0.0651. The molecule has 0 bridgehead atoms. The maximum absolute atomic E-state index is 3.60. The molecule has 1 N–H and O–H groups in total. The molecule has 2 rings (SSSR count). The van der Waals surface area contributed by atoms with Gasteiger partial charge in [0, 0.05) is 11.3 Å². The molecular weight excluding hydrogens is 182 g/mol. The van der Waals surface area contributed by atoms with Crippen LogP contribution in [0.25, 0.3) is 5.57 Å². The molecule has 1 aromatic carbocycles. The van der Waals surface area contributed by atoms with Crippen LogP contribution in [0.4, 0.5) is 5.69 Å². The van der Waals surface area contributed by atoms with Crippen LogP contribution in [0, 0.1) is 13.8 Å². The SMILES string of the molecule is CC1=CC(C)(C)Nc2c(C)ccc(C)c21. The Morgan fingerprint density at radius 3 is 2.27 bits per heavy atom. The van der Waals surface area contributed by atoms with Crippen molar-refractivity contribution in [3.63, 3.8) is 0 Å². The van der Waals surface area contributed by atoms with Crippen LogP contribution in [-0.2, 0) is 0 Å². The van der Waals surface area contributed by atoms with Gasteiger partial charge in [-0.1, -0.05) is 18.2 Å². The maximum atomic E-state index is 3.60. The number of allylic oxidation sites excluding steroid dienone is 1. The van der Waals surface area contributed by atoms with E-state index in [1.165, 1.54) is 28.0 Å². The molecule has 0 amide bonds. The molecule has 0 saturated heterocycles. The van der Waals surface area contributed by atoms with E-state index in [-0.39, 0.29) is 5.54 Å². The Bertz CT molecular complexity index is 439. The van der Waals surface area contributed by atoms with Crippen molar-refractivity contribution in [2.45, 2.75) is 40.2 Å². The second-order valence-corrected chi connectivity index (χ2v) is 5.12. The molecule has 0 aromatic heterocycles. The first kappa shape index (κ1) is 10.3. The zero-order chi connectivity index (χ0) is 11.2. The second kappa shape index (κ2) is 3.13. The largest absolute Gasteiger partial charge is 0.376 e. The average Bonchev–Trinajstić information content (AvgIpc) is 2.09. The molecule has 1 heterocycles. The average molecular weight is 201 g/mol. The molecule has 0 fully saturated rings. The van der Waals surface area contributed by atoms with Gasteiger partial charge in [0.25, 0.3) is 0 Å². The first-order chi connectivity index (χ1) is 6.91. The van der Waals surface area contributed by atoms with Gasteiger partial charge in [-0.05, 0) is 51.3 Å². The summed E-state index contributed by atoms with van der Waals surface area (Å²) in [6, 6.07) is 4.39. The highest BCUT2D eigenvalue weighted by molar-refractivity contribution is 5.83. The fraction of sp³-hybridized carbons (Fsp3) is 0.429. The number of anilines is 1. The summed E-state index contributed by atoms with van der Waals surface area (Å²) in [7, 11) is 0. The van der Waals surface area contributed by atoms with Crippen molar-refractivity contribution < 1.29 is 0 Å². The molecule has 1 nitrogen and oxygen atoms in total. The highest BCUT2D eigenvalue weighted by Crippen LogP contribution is 2.37. The molecule has 0 radical (unpaired) electrons. The molecule has 0 saturated carbocycles. The molecule has 0 aliphatic carbocycles. The van der Waals surface area contributed by atoms with Crippen LogP contribution in [0.1, 0.15) is 37.5 Å². The van der Waals surface area contributed by atoms with E-state index in [1.807, 2.05) is 0 Å². The summed E-state index contributed by atoms with van der Waals surface area (Å²) in [6.07, 6.45) is 2.31. The Morgan fingerprint density at radius 2 is 1.60 bits per heavy atom. The molecule has 0 atom stereocenters. The standard InChI is InChI=1S/C14H19N/c1-9-6-7-10(2)13-12(9)11(3)8-14(4,5)15-13/h6-8,15H,1-5H3. The lowest BCUT2D eigenvalue weighted by molar-refractivity contribution is 0.706. The summed E-state index contributed by atoms with van der Waals surface area (Å²) in [5.74, 6) is 0. The van der Waals surface area contributed by atoms with Gasteiger partial charge in [0.05, 0.1) is 5.54 Å². The Hall–Kier alpha value is -1.24. The van der Waals surface area contributed by atoms with Gasteiger partial charge in [-0.15, -0.1) is 0 Å². The van der Waals surface area contributed by atoms with E-state index in [1.54, 1.807) is 0 Å². The number of fused-ring (bicyclic) bond motifs is 1. The minimum Gasteiger partial charge on any atom is -0.376 e. The minimum atomic E-state index is 0.0651. The Labute approximate surface area is 92.2 Å². The molecular formula is C14H19N. The fourth-order valence-corrected chi connectivity index (χ4v) is 2.45. The maximum Gasteiger partial charge on any atom is 0.0506 e. The van der Waals surface area contributed by atoms with Gasteiger partial charge in [0.2, 0.25) is 0 Å². The van der Waals surface area contributed by atoms with Gasteiger partial charge in [0.15, 0.2) is 0 Å². The van der Waals surface area contributed by atoms with E-state index in [2.05, 4.69) is 58.1 Å². The van der Waals surface area contributed by atoms with Gasteiger partial charge in [-0.3, -0.25) is 0 Å². The van der Waals surface area contributed by atoms with Gasteiger partial charge in [-0.25, -0.2) is 0 Å². The molecule has 1 aliphatic rings. The zero-order valence-corrected chi connectivity index (χ0v) is 10.2. The monoisotopic (exact) mass is 201 g/mol. The van der Waals surface area contributed by atoms with E-state index in [9.17, 15) is 0 Å². The van der Waals surface area contributed by atoms with Crippen molar-refractivity contribution >= 4 is 11.3 Å². The van der Waals surface area contributed by atoms with Gasteiger partial charge in [-0.2, -0.15) is 0 Å². The summed E-state index contributed by atoms with van der Waals surface area (Å²) in [5, 5.41) is 3.60. The van der Waals surface area contributed by atoms with Crippen LogP contribution in [0.2, 0.25) is 0 Å². The lowest BCUT2D eigenvalue weighted by Crippen LogP contribution is -2.32. The lowest BCUT2D eigenvalue weighted by atomic mass is 9.87. The summed E-state index contributed by atoms with van der Waals surface area (Å²) >= 11 is 0. The molecule has 15 heavy (non-hydrogen) atoms. The van der Waals surface area contributed by atoms with E-state index >= 15 is 0 Å². The zero-order valence-electron chi connectivity index (χ0n) is 10.2. The highest BCUT2D eigenvalue weighted by atomic mass is 15.0. The van der Waals surface area contributed by atoms with Gasteiger partial charge in [0.1, 0.15) is 0 Å². The Balaban J connectivity index is 2.69. The van der Waals surface area contributed by atoms with Crippen LogP contribution < -0.4 is 5.32 Å². The van der Waals surface area contributed by atoms with Crippen molar-refractivity contribution in [2.24, 2.45) is 0 Å². The van der Waals surface area contributed by atoms with Crippen molar-refractivity contribution in [3.05, 3.63) is 34.9 Å². The molecule has 0 spiro atoms. The summed E-state index contributed by atoms with van der Waals surface area (Å²) < 4.78 is 0. The number of rotatable bonds is 0. The first-order valence-electron chi connectivity index (χ1n) is 5.49. The van der Waals surface area contributed by atoms with Crippen LogP contribution in [0.15, 0.2) is 18.2 Å². The molecule has 1 aliphatic heterocycles. The third-order valence-corrected chi connectivity index (χ3v) is 3.04. The number of benzene rings is 1. The Kier molecular flexibility index (Phi) is 2.14. The normalized spacial score (nSPS) is 17.8. The molecule has 0 unspecified atom stereocenters. The first-order valence-corrected chi connectivity index (χ1v) is 5.49. The van der Waals surface area contributed by atoms with Crippen molar-refractivity contribution in [1.29, 1.82) is 0 Å². The molecule has 80 valence electrons. The molecule has 1 aromatic rings. The van der Waals surface area contributed by atoms with Gasteiger partial charge >= 0.3 is 0 Å². The fourth-order valence-electron chi connectivity index (χ4n) is 2.45. The summed E-state index contributed by atoms with van der Waals surface area (Å²) in [6.45, 7) is 11.0. The number of aryl methyl sites for hydroxylation is 2. The van der Waals surface area contributed by atoms with Crippen LogP contribution >= 0.6 is 0 Å². The van der Waals surface area contributed by atoms with Crippen molar-refractivity contribution in [3.8, 4) is 0 Å². The van der Waals surface area contributed by atoms with Gasteiger partial charge < -0.3 is 5.32 Å². The third kappa shape index (κ3) is 1.67.